The van der Waals surface area contributed by atoms with Crippen molar-refractivity contribution in [2.45, 2.75) is 0 Å². The molecule has 18 heavy (non-hydrogen) atoms. The molecular formula is C14H18N4. The topological polar surface area (TPSA) is 33.1 Å². The van der Waals surface area contributed by atoms with Gasteiger partial charge >= 0.3 is 0 Å². The van der Waals surface area contributed by atoms with Crippen molar-refractivity contribution in [3.05, 3.63) is 49.3 Å². The molecule has 0 radical (unpaired) electrons. The molecule has 0 spiro atoms. The van der Waals surface area contributed by atoms with Crippen LogP contribution >= 0.6 is 0 Å². The smallest absolute Gasteiger partial charge is 0.207 e. The van der Waals surface area contributed by atoms with Gasteiger partial charge in [-0.1, -0.05) is 6.08 Å². The molecule has 1 aromatic carbocycles. The Morgan fingerprint density at radius 3 is 2.67 bits per heavy atom. The van der Waals surface area contributed by atoms with Gasteiger partial charge in [-0.3, -0.25) is 4.57 Å². The van der Waals surface area contributed by atoms with Crippen molar-refractivity contribution in [3.63, 3.8) is 0 Å². The van der Waals surface area contributed by atoms with Gasteiger partial charge in [-0.05, 0) is 24.3 Å². The van der Waals surface area contributed by atoms with E-state index in [1.807, 2.05) is 30.9 Å². The van der Waals surface area contributed by atoms with Gasteiger partial charge in [0.15, 0.2) is 0 Å². The highest BCUT2D eigenvalue weighted by atomic mass is 15.2. The van der Waals surface area contributed by atoms with Crippen LogP contribution in [0.1, 0.15) is 0 Å². The number of benzene rings is 1. The second-order valence-electron chi connectivity index (χ2n) is 4.20. The van der Waals surface area contributed by atoms with Gasteiger partial charge in [-0.25, -0.2) is 4.98 Å². The Morgan fingerprint density at radius 2 is 2.06 bits per heavy atom. The Bertz CT molecular complexity index is 511. The summed E-state index contributed by atoms with van der Waals surface area (Å²) in [6.07, 6.45) is 5.54. The number of imidazole rings is 1. The van der Waals surface area contributed by atoms with Crippen LogP contribution in [0.25, 0.3) is 5.69 Å². The number of hydrogen-bond donors (Lipinski definition) is 1. The highest BCUT2D eigenvalue weighted by Gasteiger charge is 2.04. The lowest BCUT2D eigenvalue weighted by Gasteiger charge is -2.14. The predicted octanol–water partition coefficient (Wildman–Crippen LogP) is 2.54. The summed E-state index contributed by atoms with van der Waals surface area (Å²) in [6, 6.07) is 8.34. The largest absolute Gasteiger partial charge is 0.378 e. The third kappa shape index (κ3) is 2.53. The summed E-state index contributed by atoms with van der Waals surface area (Å²) in [5.41, 5.74) is 2.27. The Kier molecular flexibility index (Phi) is 3.67. The third-order valence-electron chi connectivity index (χ3n) is 2.69. The first-order chi connectivity index (χ1) is 8.72. The van der Waals surface area contributed by atoms with Crippen molar-refractivity contribution >= 4 is 11.6 Å². The summed E-state index contributed by atoms with van der Waals surface area (Å²) in [7, 11) is 4.06. The van der Waals surface area contributed by atoms with E-state index < -0.39 is 0 Å². The minimum Gasteiger partial charge on any atom is -0.378 e. The molecular weight excluding hydrogens is 224 g/mol. The molecule has 2 rings (SSSR count). The van der Waals surface area contributed by atoms with Gasteiger partial charge in [0.25, 0.3) is 0 Å². The molecule has 0 saturated heterocycles. The average molecular weight is 242 g/mol. The predicted molar refractivity (Wildman–Crippen MR) is 76.6 cm³/mol. The molecule has 4 nitrogen and oxygen atoms in total. The Morgan fingerprint density at radius 1 is 1.33 bits per heavy atom. The van der Waals surface area contributed by atoms with Gasteiger partial charge in [-0.2, -0.15) is 0 Å². The van der Waals surface area contributed by atoms with Crippen molar-refractivity contribution in [3.8, 4) is 5.69 Å². The summed E-state index contributed by atoms with van der Waals surface area (Å²) in [5, 5.41) is 3.20. The van der Waals surface area contributed by atoms with E-state index >= 15 is 0 Å². The van der Waals surface area contributed by atoms with E-state index in [9.17, 15) is 0 Å². The number of anilines is 2. The van der Waals surface area contributed by atoms with E-state index in [0.29, 0.717) is 6.54 Å². The number of rotatable bonds is 5. The highest BCUT2D eigenvalue weighted by Crippen LogP contribution is 2.18. The summed E-state index contributed by atoms with van der Waals surface area (Å²) >= 11 is 0. The van der Waals surface area contributed by atoms with Gasteiger partial charge < -0.3 is 10.2 Å². The van der Waals surface area contributed by atoms with E-state index in [-0.39, 0.29) is 0 Å². The molecule has 0 atom stereocenters. The van der Waals surface area contributed by atoms with Crippen LogP contribution in [0, 0.1) is 0 Å². The molecule has 94 valence electrons. The molecule has 0 saturated carbocycles. The van der Waals surface area contributed by atoms with Crippen molar-refractivity contribution < 1.29 is 0 Å². The summed E-state index contributed by atoms with van der Waals surface area (Å²) in [5.74, 6) is 0.826. The summed E-state index contributed by atoms with van der Waals surface area (Å²) in [4.78, 5) is 6.36. The van der Waals surface area contributed by atoms with Crippen LogP contribution in [0.5, 0.6) is 0 Å². The van der Waals surface area contributed by atoms with E-state index in [4.69, 9.17) is 0 Å². The molecule has 1 heterocycles. The van der Waals surface area contributed by atoms with Crippen LogP contribution in [-0.4, -0.2) is 30.2 Å². The lowest BCUT2D eigenvalue weighted by atomic mass is 10.2. The highest BCUT2D eigenvalue weighted by molar-refractivity contribution is 5.51. The minimum absolute atomic E-state index is 0.701. The zero-order valence-corrected chi connectivity index (χ0v) is 10.8. The van der Waals surface area contributed by atoms with Gasteiger partial charge in [0.1, 0.15) is 0 Å². The number of hydrogen-bond acceptors (Lipinski definition) is 3. The van der Waals surface area contributed by atoms with Crippen molar-refractivity contribution in [1.82, 2.24) is 9.55 Å². The Hall–Kier alpha value is -2.23. The molecule has 1 aromatic heterocycles. The van der Waals surface area contributed by atoms with Crippen LogP contribution in [0.4, 0.5) is 11.6 Å². The van der Waals surface area contributed by atoms with E-state index in [1.165, 1.54) is 5.69 Å². The van der Waals surface area contributed by atoms with Gasteiger partial charge in [-0.15, -0.1) is 6.58 Å². The van der Waals surface area contributed by atoms with Gasteiger partial charge in [0.05, 0.1) is 0 Å². The zero-order chi connectivity index (χ0) is 13.0. The van der Waals surface area contributed by atoms with Crippen LogP contribution in [-0.2, 0) is 0 Å². The first-order valence-corrected chi connectivity index (χ1v) is 5.88. The van der Waals surface area contributed by atoms with Crippen LogP contribution < -0.4 is 10.2 Å². The number of nitrogens with zero attached hydrogens (tertiary/aromatic N) is 3. The van der Waals surface area contributed by atoms with Crippen molar-refractivity contribution in [2.24, 2.45) is 0 Å². The monoisotopic (exact) mass is 242 g/mol. The number of aromatic nitrogens is 2. The van der Waals surface area contributed by atoms with Gasteiger partial charge in [0, 0.05) is 44.4 Å². The third-order valence-corrected chi connectivity index (χ3v) is 2.69. The van der Waals surface area contributed by atoms with Crippen molar-refractivity contribution in [1.29, 1.82) is 0 Å². The van der Waals surface area contributed by atoms with Gasteiger partial charge in [0.2, 0.25) is 5.95 Å². The van der Waals surface area contributed by atoms with Crippen LogP contribution in [0.2, 0.25) is 0 Å². The molecule has 0 unspecified atom stereocenters. The fourth-order valence-electron chi connectivity index (χ4n) is 1.72. The number of nitrogens with one attached hydrogen (secondary N) is 1. The molecule has 0 amide bonds. The fourth-order valence-corrected chi connectivity index (χ4v) is 1.72. The van der Waals surface area contributed by atoms with E-state index in [2.05, 4.69) is 46.0 Å². The fraction of sp³-hybridized carbons (Fsp3) is 0.214. The molecule has 0 aliphatic heterocycles. The first kappa shape index (κ1) is 12.2. The second-order valence-corrected chi connectivity index (χ2v) is 4.20. The maximum absolute atomic E-state index is 4.28. The molecule has 4 heteroatoms. The molecule has 0 aliphatic carbocycles. The quantitative estimate of drug-likeness (QED) is 0.818. The molecule has 0 aliphatic rings. The molecule has 0 bridgehead atoms. The summed E-state index contributed by atoms with van der Waals surface area (Å²) in [6.45, 7) is 4.39. The standard InChI is InChI=1S/C14H18N4/c1-4-9-15-14-16-10-11-18(14)13-7-5-12(6-8-13)17(2)3/h4-8,10-11H,1,9H2,2-3H3,(H,15,16). The zero-order valence-electron chi connectivity index (χ0n) is 10.8. The lowest BCUT2D eigenvalue weighted by molar-refractivity contribution is 1.04. The minimum atomic E-state index is 0.701. The molecule has 1 N–H and O–H groups in total. The van der Waals surface area contributed by atoms with Crippen molar-refractivity contribution in [2.75, 3.05) is 30.9 Å². The average Bonchev–Trinajstić information content (AvgIpc) is 2.84. The SMILES string of the molecule is C=CCNc1nccn1-c1ccc(N(C)C)cc1. The van der Waals surface area contributed by atoms with E-state index in [0.717, 1.165) is 11.6 Å². The Balaban J connectivity index is 2.25. The summed E-state index contributed by atoms with van der Waals surface area (Å²) < 4.78 is 2.02. The normalized spacial score (nSPS) is 10.1. The lowest BCUT2D eigenvalue weighted by Crippen LogP contribution is -2.09. The van der Waals surface area contributed by atoms with Crippen LogP contribution in [0.3, 0.4) is 0 Å². The maximum Gasteiger partial charge on any atom is 0.207 e. The maximum atomic E-state index is 4.28. The Labute approximate surface area is 108 Å². The first-order valence-electron chi connectivity index (χ1n) is 5.88. The molecule has 0 fully saturated rings. The van der Waals surface area contributed by atoms with Crippen LogP contribution in [0.15, 0.2) is 49.3 Å². The van der Waals surface area contributed by atoms with E-state index in [1.54, 1.807) is 6.20 Å². The molecule has 2 aromatic rings. The second kappa shape index (κ2) is 5.40.